The minimum absolute atomic E-state index is 0.186. The molecule has 1 atom stereocenters. The van der Waals surface area contributed by atoms with Crippen LogP contribution in [0, 0.1) is 5.92 Å². The molecule has 0 amide bonds. The molecular weight excluding hydrogens is 551 g/mol. The van der Waals surface area contributed by atoms with Crippen LogP contribution in [0.25, 0.3) is 17.4 Å². The van der Waals surface area contributed by atoms with Crippen molar-refractivity contribution < 1.29 is 13.9 Å². The summed E-state index contributed by atoms with van der Waals surface area (Å²) < 4.78 is 13.5. The number of halogens is 2. The van der Waals surface area contributed by atoms with Crippen molar-refractivity contribution >= 4 is 57.9 Å². The lowest BCUT2D eigenvalue weighted by molar-refractivity contribution is -0.140. The molecule has 0 fully saturated rings. The highest BCUT2D eigenvalue weighted by Gasteiger charge is 2.34. The first kappa shape index (κ1) is 25.7. The fourth-order valence-electron chi connectivity index (χ4n) is 4.02. The highest BCUT2D eigenvalue weighted by Crippen LogP contribution is 2.35. The van der Waals surface area contributed by atoms with E-state index in [1.165, 1.54) is 22.7 Å². The Labute approximate surface area is 230 Å². The first-order chi connectivity index (χ1) is 17.7. The van der Waals surface area contributed by atoms with Gasteiger partial charge < -0.3 is 9.15 Å². The smallest absolute Gasteiger partial charge is 0.338 e. The van der Waals surface area contributed by atoms with Crippen LogP contribution in [-0.2, 0) is 9.53 Å². The van der Waals surface area contributed by atoms with Crippen LogP contribution in [0.2, 0.25) is 10.0 Å². The van der Waals surface area contributed by atoms with Crippen molar-refractivity contribution in [3.8, 4) is 11.3 Å². The molecule has 190 valence electrons. The Morgan fingerprint density at radius 3 is 2.76 bits per heavy atom. The molecule has 0 bridgehead atoms. The summed E-state index contributed by atoms with van der Waals surface area (Å²) in [6.07, 6.45) is 1.67. The average Bonchev–Trinajstić information content (AvgIpc) is 3.61. The highest BCUT2D eigenvalue weighted by molar-refractivity contribution is 7.10. The largest absolute Gasteiger partial charge is 0.462 e. The summed E-state index contributed by atoms with van der Waals surface area (Å²) in [4.78, 5) is 32.8. The first-order valence-corrected chi connectivity index (χ1v) is 14.0. The van der Waals surface area contributed by atoms with Gasteiger partial charge in [-0.05, 0) is 48.6 Å². The van der Waals surface area contributed by atoms with E-state index in [4.69, 9.17) is 32.4 Å². The molecule has 5 rings (SSSR count). The maximum absolute atomic E-state index is 13.7. The molecule has 1 aromatic carbocycles. The number of nitrogens with zero attached hydrogens (tertiary/aromatic N) is 2. The number of fused-ring (bicyclic) bond motifs is 1. The number of rotatable bonds is 6. The average molecular weight is 574 g/mol. The number of hydrogen-bond donors (Lipinski definition) is 0. The third-order valence-electron chi connectivity index (χ3n) is 5.72. The molecule has 0 spiro atoms. The molecule has 1 aliphatic rings. The van der Waals surface area contributed by atoms with Crippen LogP contribution in [-0.4, -0.2) is 17.1 Å². The molecule has 0 saturated heterocycles. The molecule has 0 aliphatic carbocycles. The number of hydrogen-bond acceptors (Lipinski definition) is 7. The summed E-state index contributed by atoms with van der Waals surface area (Å²) >= 11 is 15.2. The molecule has 10 heteroatoms. The van der Waals surface area contributed by atoms with E-state index in [9.17, 15) is 9.59 Å². The summed E-state index contributed by atoms with van der Waals surface area (Å²) in [5, 5.41) is 2.74. The number of esters is 1. The number of thiophene rings is 1. The molecular formula is C27H22Cl2N2O4S2. The lowest BCUT2D eigenvalue weighted by atomic mass is 10.0. The Morgan fingerprint density at radius 2 is 2.03 bits per heavy atom. The van der Waals surface area contributed by atoms with E-state index in [2.05, 4.69) is 4.99 Å². The van der Waals surface area contributed by atoms with Gasteiger partial charge in [0, 0.05) is 16.5 Å². The van der Waals surface area contributed by atoms with E-state index >= 15 is 0 Å². The van der Waals surface area contributed by atoms with Gasteiger partial charge in [0.2, 0.25) is 0 Å². The van der Waals surface area contributed by atoms with Crippen LogP contribution >= 0.6 is 45.9 Å². The number of benzene rings is 1. The van der Waals surface area contributed by atoms with Gasteiger partial charge in [-0.1, -0.05) is 60.5 Å². The van der Waals surface area contributed by atoms with Crippen molar-refractivity contribution in [1.29, 1.82) is 0 Å². The Morgan fingerprint density at radius 1 is 1.22 bits per heavy atom. The maximum atomic E-state index is 13.7. The standard InChI is InChI=1S/C27H22Cl2N2O4S2/c1-14(2)13-34-26(33)22-15(3)30-27-31(24(22)20-8-5-11-36-20)25(32)21(37-27)12-16-9-10-19(35-16)17-6-4-7-18(28)23(17)29/h4-12,14,24H,13H2,1-3H3/b21-12-/t24-/m0/s1. The van der Waals surface area contributed by atoms with Crippen LogP contribution in [0.5, 0.6) is 0 Å². The van der Waals surface area contributed by atoms with Crippen LogP contribution in [0.1, 0.15) is 37.5 Å². The van der Waals surface area contributed by atoms with Gasteiger partial charge in [0.1, 0.15) is 17.6 Å². The summed E-state index contributed by atoms with van der Waals surface area (Å²) in [5.74, 6) is 0.744. The molecule has 37 heavy (non-hydrogen) atoms. The van der Waals surface area contributed by atoms with E-state index in [-0.39, 0.29) is 18.1 Å². The summed E-state index contributed by atoms with van der Waals surface area (Å²) in [6.45, 7) is 6.01. The lowest BCUT2D eigenvalue weighted by Crippen LogP contribution is -2.39. The van der Waals surface area contributed by atoms with Crippen LogP contribution in [0.4, 0.5) is 0 Å². The SMILES string of the molecule is CC1=C(C(=O)OCC(C)C)[C@H](c2cccs2)n2c(s/c(=C\c3ccc(-c4cccc(Cl)c4Cl)o3)c2=O)=N1. The Bertz CT molecular complexity index is 1690. The molecule has 3 aromatic heterocycles. The van der Waals surface area contributed by atoms with Crippen molar-refractivity contribution in [3.05, 3.63) is 99.5 Å². The van der Waals surface area contributed by atoms with Crippen molar-refractivity contribution in [3.63, 3.8) is 0 Å². The Balaban J connectivity index is 1.59. The summed E-state index contributed by atoms with van der Waals surface area (Å²) in [5.41, 5.74) is 1.31. The topological polar surface area (TPSA) is 73.8 Å². The second-order valence-corrected chi connectivity index (χ2v) is 11.7. The Hall–Kier alpha value is -2.91. The van der Waals surface area contributed by atoms with Gasteiger partial charge in [-0.25, -0.2) is 9.79 Å². The van der Waals surface area contributed by atoms with Gasteiger partial charge in [0.25, 0.3) is 5.56 Å². The van der Waals surface area contributed by atoms with Crippen molar-refractivity contribution in [2.24, 2.45) is 10.9 Å². The summed E-state index contributed by atoms with van der Waals surface area (Å²) in [7, 11) is 0. The highest BCUT2D eigenvalue weighted by atomic mass is 35.5. The fraction of sp³-hybridized carbons (Fsp3) is 0.222. The van der Waals surface area contributed by atoms with Crippen LogP contribution < -0.4 is 14.9 Å². The lowest BCUT2D eigenvalue weighted by Gasteiger charge is -2.23. The third kappa shape index (κ3) is 4.99. The quantitative estimate of drug-likeness (QED) is 0.263. The number of ether oxygens (including phenoxy) is 1. The van der Waals surface area contributed by atoms with Gasteiger partial charge in [0.15, 0.2) is 4.80 Å². The van der Waals surface area contributed by atoms with Crippen molar-refractivity contribution in [1.82, 2.24) is 4.57 Å². The predicted octanol–water partition coefficient (Wildman–Crippen LogP) is 6.06. The number of furan rings is 1. The van der Waals surface area contributed by atoms with E-state index in [1.807, 2.05) is 37.4 Å². The van der Waals surface area contributed by atoms with Crippen LogP contribution in [0.15, 0.2) is 73.3 Å². The van der Waals surface area contributed by atoms with Gasteiger partial charge in [-0.3, -0.25) is 9.36 Å². The monoisotopic (exact) mass is 572 g/mol. The molecule has 4 heterocycles. The van der Waals surface area contributed by atoms with Crippen LogP contribution in [0.3, 0.4) is 0 Å². The third-order valence-corrected chi connectivity index (χ3v) is 8.45. The molecule has 6 nitrogen and oxygen atoms in total. The molecule has 0 unspecified atom stereocenters. The predicted molar refractivity (Wildman–Crippen MR) is 148 cm³/mol. The molecule has 4 aromatic rings. The second-order valence-electron chi connectivity index (χ2n) is 8.89. The van der Waals surface area contributed by atoms with E-state index < -0.39 is 12.0 Å². The minimum Gasteiger partial charge on any atom is -0.462 e. The van der Waals surface area contributed by atoms with E-state index in [0.29, 0.717) is 47.7 Å². The number of carbonyl (C=O) groups excluding carboxylic acids is 1. The van der Waals surface area contributed by atoms with E-state index in [1.54, 1.807) is 41.8 Å². The second kappa shape index (κ2) is 10.5. The number of thiazole rings is 1. The summed E-state index contributed by atoms with van der Waals surface area (Å²) in [6, 6.07) is 12.0. The minimum atomic E-state index is -0.615. The zero-order valence-electron chi connectivity index (χ0n) is 20.2. The van der Waals surface area contributed by atoms with Crippen molar-refractivity contribution in [2.45, 2.75) is 26.8 Å². The number of aromatic nitrogens is 1. The molecule has 0 saturated carbocycles. The van der Waals surface area contributed by atoms with Gasteiger partial charge in [-0.2, -0.15) is 0 Å². The number of carbonyl (C=O) groups is 1. The zero-order valence-corrected chi connectivity index (χ0v) is 23.3. The normalized spacial score (nSPS) is 15.7. The zero-order chi connectivity index (χ0) is 26.3. The first-order valence-electron chi connectivity index (χ1n) is 11.5. The van der Waals surface area contributed by atoms with E-state index in [0.717, 1.165) is 4.88 Å². The van der Waals surface area contributed by atoms with Crippen molar-refractivity contribution in [2.75, 3.05) is 6.61 Å². The van der Waals surface area contributed by atoms with Gasteiger partial charge in [0.05, 0.1) is 32.5 Å². The fourth-order valence-corrected chi connectivity index (χ4v) is 6.26. The maximum Gasteiger partial charge on any atom is 0.338 e. The Kier molecular flexibility index (Phi) is 7.27. The molecule has 1 aliphatic heterocycles. The molecule has 0 radical (unpaired) electrons. The van der Waals surface area contributed by atoms with Gasteiger partial charge >= 0.3 is 5.97 Å². The molecule has 0 N–H and O–H groups in total. The van der Waals surface area contributed by atoms with Gasteiger partial charge in [-0.15, -0.1) is 11.3 Å². The number of allylic oxidation sites excluding steroid dienone is 1.